The quantitative estimate of drug-likeness (QED) is 0.608. The first-order valence-corrected chi connectivity index (χ1v) is 5.89. The van der Waals surface area contributed by atoms with E-state index in [1.807, 2.05) is 0 Å². The highest BCUT2D eigenvalue weighted by atomic mass is 16.4. The highest BCUT2D eigenvalue weighted by Gasteiger charge is 2.36. The third kappa shape index (κ3) is 3.86. The van der Waals surface area contributed by atoms with Crippen molar-refractivity contribution in [2.75, 3.05) is 6.67 Å². The molecule has 1 fully saturated rings. The van der Waals surface area contributed by atoms with E-state index >= 15 is 0 Å². The number of rotatable bonds is 3. The molecule has 5 nitrogen and oxygen atoms in total. The van der Waals surface area contributed by atoms with Crippen molar-refractivity contribution in [2.24, 2.45) is 16.3 Å². The van der Waals surface area contributed by atoms with Crippen LogP contribution in [-0.2, 0) is 4.79 Å². The van der Waals surface area contributed by atoms with Crippen molar-refractivity contribution in [3.05, 3.63) is 0 Å². The van der Waals surface area contributed by atoms with Crippen LogP contribution in [0.15, 0.2) is 4.99 Å². The second kappa shape index (κ2) is 5.32. The van der Waals surface area contributed by atoms with Crippen LogP contribution in [0.4, 0.5) is 4.79 Å². The van der Waals surface area contributed by atoms with Gasteiger partial charge in [0.25, 0.3) is 0 Å². The Kier molecular flexibility index (Phi) is 4.29. The minimum Gasteiger partial charge on any atom is -0.465 e. The minimum atomic E-state index is -1.01. The van der Waals surface area contributed by atoms with E-state index in [1.165, 1.54) is 11.0 Å². The molecule has 0 bridgehead atoms. The van der Waals surface area contributed by atoms with Crippen LogP contribution in [-0.4, -0.2) is 34.9 Å². The van der Waals surface area contributed by atoms with E-state index in [1.54, 1.807) is 0 Å². The fraction of sp³-hybridized carbons (Fsp3) is 0.833. The topological polar surface area (TPSA) is 70.0 Å². The smallest absolute Gasteiger partial charge is 0.409 e. The monoisotopic (exact) mass is 240 g/mol. The summed E-state index contributed by atoms with van der Waals surface area (Å²) < 4.78 is 0. The van der Waals surface area contributed by atoms with Gasteiger partial charge in [-0.05, 0) is 30.6 Å². The first-order valence-electron chi connectivity index (χ1n) is 5.89. The number of aliphatic imine (C=N–C) groups is 1. The van der Waals surface area contributed by atoms with E-state index in [9.17, 15) is 9.59 Å². The maximum Gasteiger partial charge on any atom is 0.409 e. The molecule has 0 radical (unpaired) electrons. The SMILES string of the molecule is CC1CC(N(CN=C=O)C(=O)O)CC(C)(C)C1. The molecule has 2 unspecified atom stereocenters. The second-order valence-electron chi connectivity index (χ2n) is 5.71. The lowest BCUT2D eigenvalue weighted by molar-refractivity contribution is 0.0647. The van der Waals surface area contributed by atoms with E-state index in [-0.39, 0.29) is 18.1 Å². The van der Waals surface area contributed by atoms with Crippen LogP contribution in [0.3, 0.4) is 0 Å². The number of carboxylic acid groups (broad SMARTS) is 1. The molecule has 2 atom stereocenters. The summed E-state index contributed by atoms with van der Waals surface area (Å²) in [7, 11) is 0. The van der Waals surface area contributed by atoms with Gasteiger partial charge in [0, 0.05) is 6.04 Å². The summed E-state index contributed by atoms with van der Waals surface area (Å²) in [5, 5.41) is 9.14. The lowest BCUT2D eigenvalue weighted by Gasteiger charge is -2.42. The fourth-order valence-electron chi connectivity index (χ4n) is 2.97. The standard InChI is InChI=1S/C12H20N2O3/c1-9-4-10(6-12(2,3)5-9)14(11(16)17)7-13-8-15/h9-10H,4-7H2,1-3H3,(H,16,17). The van der Waals surface area contributed by atoms with Crippen molar-refractivity contribution in [1.29, 1.82) is 0 Å². The molecule has 17 heavy (non-hydrogen) atoms. The van der Waals surface area contributed by atoms with Gasteiger partial charge in [-0.2, -0.15) is 4.99 Å². The van der Waals surface area contributed by atoms with Crippen molar-refractivity contribution < 1.29 is 14.7 Å². The average molecular weight is 240 g/mol. The zero-order valence-corrected chi connectivity index (χ0v) is 10.6. The number of carbonyl (C=O) groups excluding carboxylic acids is 1. The molecule has 0 aliphatic heterocycles. The third-order valence-electron chi connectivity index (χ3n) is 3.34. The fourth-order valence-corrected chi connectivity index (χ4v) is 2.97. The lowest BCUT2D eigenvalue weighted by atomic mass is 9.70. The van der Waals surface area contributed by atoms with Crippen LogP contribution < -0.4 is 0 Å². The summed E-state index contributed by atoms with van der Waals surface area (Å²) in [4.78, 5) is 25.9. The van der Waals surface area contributed by atoms with Crippen LogP contribution >= 0.6 is 0 Å². The van der Waals surface area contributed by atoms with Gasteiger partial charge in [-0.3, -0.25) is 4.90 Å². The van der Waals surface area contributed by atoms with Crippen LogP contribution in [0.25, 0.3) is 0 Å². The molecule has 0 saturated heterocycles. The van der Waals surface area contributed by atoms with E-state index in [4.69, 9.17) is 5.11 Å². The first-order chi connectivity index (χ1) is 7.85. The van der Waals surface area contributed by atoms with Gasteiger partial charge >= 0.3 is 6.09 Å². The lowest BCUT2D eigenvalue weighted by Crippen LogP contribution is -2.45. The predicted molar refractivity (Wildman–Crippen MR) is 63.4 cm³/mol. The summed E-state index contributed by atoms with van der Waals surface area (Å²) in [6.07, 6.45) is 3.14. The van der Waals surface area contributed by atoms with E-state index in [0.717, 1.165) is 19.3 Å². The second-order valence-corrected chi connectivity index (χ2v) is 5.71. The summed E-state index contributed by atoms with van der Waals surface area (Å²) in [6, 6.07) is -0.0525. The van der Waals surface area contributed by atoms with E-state index in [0.29, 0.717) is 5.92 Å². The first kappa shape index (κ1) is 13.7. The Bertz CT molecular complexity index is 335. The van der Waals surface area contributed by atoms with Gasteiger partial charge in [0.1, 0.15) is 6.67 Å². The Hall–Kier alpha value is -1.35. The molecule has 0 heterocycles. The van der Waals surface area contributed by atoms with Gasteiger partial charge in [0.2, 0.25) is 6.08 Å². The molecule has 1 saturated carbocycles. The van der Waals surface area contributed by atoms with Crippen LogP contribution in [0.1, 0.15) is 40.0 Å². The average Bonchev–Trinajstić information content (AvgIpc) is 2.14. The summed E-state index contributed by atoms with van der Waals surface area (Å²) in [5.74, 6) is 0.491. The molecule has 1 amide bonds. The molecule has 1 aliphatic carbocycles. The minimum absolute atomic E-state index is 0.0525. The van der Waals surface area contributed by atoms with Crippen LogP contribution in [0.5, 0.6) is 0 Å². The normalized spacial score (nSPS) is 27.0. The maximum absolute atomic E-state index is 11.2. The number of hydrogen-bond acceptors (Lipinski definition) is 3. The van der Waals surface area contributed by atoms with Crippen LogP contribution in [0.2, 0.25) is 0 Å². The van der Waals surface area contributed by atoms with Crippen molar-refractivity contribution in [3.63, 3.8) is 0 Å². The predicted octanol–water partition coefficient (Wildman–Crippen LogP) is 2.47. The number of carbonyl (C=O) groups is 1. The molecule has 1 rings (SSSR count). The Labute approximate surface area is 102 Å². The number of isocyanates is 1. The Morgan fingerprint density at radius 3 is 2.65 bits per heavy atom. The van der Waals surface area contributed by atoms with Gasteiger partial charge in [0.15, 0.2) is 0 Å². The molecule has 1 aliphatic rings. The zero-order chi connectivity index (χ0) is 13.1. The molecule has 0 aromatic heterocycles. The molecule has 0 aromatic rings. The Morgan fingerprint density at radius 2 is 2.18 bits per heavy atom. The van der Waals surface area contributed by atoms with Gasteiger partial charge in [0.05, 0.1) is 0 Å². The zero-order valence-electron chi connectivity index (χ0n) is 10.6. The maximum atomic E-state index is 11.2. The largest absolute Gasteiger partial charge is 0.465 e. The molecular formula is C12H20N2O3. The highest BCUT2D eigenvalue weighted by molar-refractivity contribution is 5.65. The van der Waals surface area contributed by atoms with Gasteiger partial charge < -0.3 is 5.11 Å². The highest BCUT2D eigenvalue weighted by Crippen LogP contribution is 2.40. The summed E-state index contributed by atoms with van der Waals surface area (Å²) >= 11 is 0. The summed E-state index contributed by atoms with van der Waals surface area (Å²) in [5.41, 5.74) is 0.140. The van der Waals surface area contributed by atoms with Gasteiger partial charge in [-0.1, -0.05) is 20.8 Å². The molecule has 96 valence electrons. The van der Waals surface area contributed by atoms with Crippen LogP contribution in [0, 0.1) is 11.3 Å². The Morgan fingerprint density at radius 1 is 1.53 bits per heavy atom. The summed E-state index contributed by atoms with van der Waals surface area (Å²) in [6.45, 7) is 6.33. The Balaban J connectivity index is 2.79. The van der Waals surface area contributed by atoms with Crippen molar-refractivity contribution in [3.8, 4) is 0 Å². The van der Waals surface area contributed by atoms with E-state index < -0.39 is 6.09 Å². The molecule has 0 spiro atoms. The molecule has 0 aromatic carbocycles. The number of amides is 1. The third-order valence-corrected chi connectivity index (χ3v) is 3.34. The number of nitrogens with zero attached hydrogens (tertiary/aromatic N) is 2. The van der Waals surface area contributed by atoms with E-state index in [2.05, 4.69) is 25.8 Å². The van der Waals surface area contributed by atoms with Gasteiger partial charge in [-0.15, -0.1) is 0 Å². The van der Waals surface area contributed by atoms with Crippen molar-refractivity contribution in [2.45, 2.75) is 46.1 Å². The van der Waals surface area contributed by atoms with Crippen molar-refractivity contribution >= 4 is 12.2 Å². The van der Waals surface area contributed by atoms with Gasteiger partial charge in [-0.25, -0.2) is 9.59 Å². The molecule has 5 heteroatoms. The molecule has 1 N–H and O–H groups in total. The molecular weight excluding hydrogens is 220 g/mol. The van der Waals surface area contributed by atoms with Crippen molar-refractivity contribution in [1.82, 2.24) is 4.90 Å². The number of hydrogen-bond donors (Lipinski definition) is 1.